The minimum Gasteiger partial charge on any atom is -0.468 e. The number of hydrogen-bond donors (Lipinski definition) is 0. The van der Waals surface area contributed by atoms with E-state index in [9.17, 15) is 22.8 Å². The molecule has 0 saturated heterocycles. The minimum absolute atomic E-state index is 0.0542. The van der Waals surface area contributed by atoms with Gasteiger partial charge in [-0.3, -0.25) is 4.79 Å². The highest BCUT2D eigenvalue weighted by molar-refractivity contribution is 6.06. The summed E-state index contributed by atoms with van der Waals surface area (Å²) in [6.07, 6.45) is -4.71. The van der Waals surface area contributed by atoms with E-state index in [2.05, 4.69) is 9.47 Å². The van der Waals surface area contributed by atoms with E-state index in [1.54, 1.807) is 0 Å². The summed E-state index contributed by atoms with van der Waals surface area (Å²) < 4.78 is 45.7. The van der Waals surface area contributed by atoms with Crippen molar-refractivity contribution >= 4 is 11.9 Å². The zero-order valence-electron chi connectivity index (χ0n) is 8.55. The first-order valence-corrected chi connectivity index (χ1v) is 4.40. The van der Waals surface area contributed by atoms with Crippen molar-refractivity contribution < 1.29 is 32.2 Å². The van der Waals surface area contributed by atoms with Gasteiger partial charge in [0.1, 0.15) is 5.92 Å². The molecule has 0 heterocycles. The van der Waals surface area contributed by atoms with E-state index in [0.29, 0.717) is 0 Å². The van der Waals surface area contributed by atoms with Crippen LogP contribution in [0, 0.1) is 5.92 Å². The van der Waals surface area contributed by atoms with Crippen LogP contribution in [-0.4, -0.2) is 31.8 Å². The number of hydrogen-bond acceptors (Lipinski definition) is 4. The minimum atomic E-state index is -4.71. The van der Waals surface area contributed by atoms with Crippen LogP contribution in [0.2, 0.25) is 0 Å². The monoisotopic (exact) mass is 238 g/mol. The summed E-state index contributed by atoms with van der Waals surface area (Å²) in [5.41, 5.74) is -1.82. The van der Waals surface area contributed by atoms with E-state index in [4.69, 9.17) is 0 Å². The van der Waals surface area contributed by atoms with E-state index >= 15 is 0 Å². The third-order valence-corrected chi connectivity index (χ3v) is 2.02. The summed E-state index contributed by atoms with van der Waals surface area (Å²) in [5.74, 6) is -3.84. The number of halogens is 3. The second-order valence-corrected chi connectivity index (χ2v) is 3.00. The summed E-state index contributed by atoms with van der Waals surface area (Å²) in [5, 5.41) is 0. The molecule has 1 aliphatic rings. The molecule has 0 aliphatic heterocycles. The largest absolute Gasteiger partial charge is 0.468 e. The maximum Gasteiger partial charge on any atom is 0.414 e. The first kappa shape index (κ1) is 12.5. The van der Waals surface area contributed by atoms with Crippen molar-refractivity contribution in [3.05, 3.63) is 11.1 Å². The maximum atomic E-state index is 12.4. The smallest absolute Gasteiger partial charge is 0.414 e. The molecule has 0 spiro atoms. The lowest BCUT2D eigenvalue weighted by Gasteiger charge is -2.01. The summed E-state index contributed by atoms with van der Waals surface area (Å²) in [4.78, 5) is 22.1. The van der Waals surface area contributed by atoms with Gasteiger partial charge in [0.25, 0.3) is 0 Å². The Morgan fingerprint density at radius 2 is 1.94 bits per heavy atom. The molecule has 90 valence electrons. The highest BCUT2D eigenvalue weighted by Gasteiger charge is 2.60. The van der Waals surface area contributed by atoms with Gasteiger partial charge in [-0.2, -0.15) is 13.2 Å². The Morgan fingerprint density at radius 1 is 1.38 bits per heavy atom. The number of alkyl halides is 3. The topological polar surface area (TPSA) is 52.6 Å². The van der Waals surface area contributed by atoms with Gasteiger partial charge in [0.2, 0.25) is 0 Å². The quantitative estimate of drug-likeness (QED) is 0.693. The fourth-order valence-corrected chi connectivity index (χ4v) is 1.33. The lowest BCUT2D eigenvalue weighted by Crippen LogP contribution is -2.14. The van der Waals surface area contributed by atoms with Crippen LogP contribution in [0.3, 0.4) is 0 Å². The highest BCUT2D eigenvalue weighted by Crippen LogP contribution is 2.50. The molecule has 7 heteroatoms. The van der Waals surface area contributed by atoms with E-state index in [1.165, 1.54) is 6.92 Å². The Hall–Kier alpha value is -1.53. The third kappa shape index (κ3) is 2.17. The molecule has 0 aromatic heterocycles. The number of methoxy groups -OCH3 is 1. The van der Waals surface area contributed by atoms with Crippen LogP contribution in [0.4, 0.5) is 13.2 Å². The SMILES string of the molecule is CCOC(=O)C1=C(C(F)(F)F)C1C(=O)OC. The van der Waals surface area contributed by atoms with Crippen LogP contribution >= 0.6 is 0 Å². The average molecular weight is 238 g/mol. The lowest BCUT2D eigenvalue weighted by molar-refractivity contribution is -0.146. The molecule has 0 aromatic rings. The van der Waals surface area contributed by atoms with Gasteiger partial charge >= 0.3 is 18.1 Å². The molecule has 1 unspecified atom stereocenters. The number of carbonyl (C=O) groups is 2. The molecule has 0 amide bonds. The Morgan fingerprint density at radius 3 is 2.31 bits per heavy atom. The number of carbonyl (C=O) groups excluding carboxylic acids is 2. The Labute approximate surface area is 89.0 Å². The van der Waals surface area contributed by atoms with Gasteiger partial charge in [-0.1, -0.05) is 0 Å². The standard InChI is InChI=1S/C9H9F3O4/c1-3-16-8(14)5-4(7(13)15-2)6(5)9(10,11)12/h4H,3H2,1-2H3. The number of esters is 2. The molecule has 0 radical (unpaired) electrons. The van der Waals surface area contributed by atoms with Crippen molar-refractivity contribution in [1.29, 1.82) is 0 Å². The van der Waals surface area contributed by atoms with Gasteiger partial charge in [0.15, 0.2) is 0 Å². The second kappa shape index (κ2) is 4.15. The van der Waals surface area contributed by atoms with Gasteiger partial charge in [-0.05, 0) is 6.92 Å². The van der Waals surface area contributed by atoms with Gasteiger partial charge in [-0.25, -0.2) is 4.79 Å². The normalized spacial score (nSPS) is 19.4. The third-order valence-electron chi connectivity index (χ3n) is 2.02. The molecule has 1 atom stereocenters. The van der Waals surface area contributed by atoms with Crippen LogP contribution in [0.5, 0.6) is 0 Å². The van der Waals surface area contributed by atoms with Crippen molar-refractivity contribution in [3.63, 3.8) is 0 Å². The van der Waals surface area contributed by atoms with Crippen LogP contribution < -0.4 is 0 Å². The summed E-state index contributed by atoms with van der Waals surface area (Å²) in [6.45, 7) is 1.41. The summed E-state index contributed by atoms with van der Waals surface area (Å²) >= 11 is 0. The molecule has 0 saturated carbocycles. The van der Waals surface area contributed by atoms with Crippen molar-refractivity contribution in [2.24, 2.45) is 5.92 Å². The molecular formula is C9H9F3O4. The second-order valence-electron chi connectivity index (χ2n) is 3.00. The molecule has 16 heavy (non-hydrogen) atoms. The molecule has 4 nitrogen and oxygen atoms in total. The predicted octanol–water partition coefficient (Wildman–Crippen LogP) is 1.21. The van der Waals surface area contributed by atoms with Crippen molar-refractivity contribution in [1.82, 2.24) is 0 Å². The molecule has 1 rings (SSSR count). The van der Waals surface area contributed by atoms with Crippen molar-refractivity contribution in [3.8, 4) is 0 Å². The lowest BCUT2D eigenvalue weighted by atomic mass is 10.2. The zero-order valence-corrected chi connectivity index (χ0v) is 8.55. The van der Waals surface area contributed by atoms with E-state index in [0.717, 1.165) is 7.11 Å². The highest BCUT2D eigenvalue weighted by atomic mass is 19.4. The van der Waals surface area contributed by atoms with Crippen LogP contribution in [0.1, 0.15) is 6.92 Å². The molecule has 0 fully saturated rings. The Balaban J connectivity index is 2.89. The van der Waals surface area contributed by atoms with E-state index < -0.39 is 35.2 Å². The number of rotatable bonds is 3. The zero-order chi connectivity index (χ0) is 12.5. The van der Waals surface area contributed by atoms with E-state index in [1.807, 2.05) is 0 Å². The van der Waals surface area contributed by atoms with Gasteiger partial charge in [-0.15, -0.1) is 0 Å². The Bertz CT molecular complexity index is 356. The van der Waals surface area contributed by atoms with Crippen molar-refractivity contribution in [2.45, 2.75) is 13.1 Å². The molecule has 0 bridgehead atoms. The molecule has 1 aliphatic carbocycles. The predicted molar refractivity (Wildman–Crippen MR) is 45.2 cm³/mol. The average Bonchev–Trinajstić information content (AvgIpc) is 2.91. The van der Waals surface area contributed by atoms with Crippen LogP contribution in [0.15, 0.2) is 11.1 Å². The van der Waals surface area contributed by atoms with Crippen LogP contribution in [0.25, 0.3) is 0 Å². The Kier molecular flexibility index (Phi) is 3.25. The maximum absolute atomic E-state index is 12.4. The summed E-state index contributed by atoms with van der Waals surface area (Å²) in [7, 11) is 0.956. The van der Waals surface area contributed by atoms with Gasteiger partial charge in [0.05, 0.1) is 24.9 Å². The molecular weight excluding hydrogens is 229 g/mol. The first-order chi connectivity index (χ1) is 7.34. The van der Waals surface area contributed by atoms with Crippen molar-refractivity contribution in [2.75, 3.05) is 13.7 Å². The number of ether oxygens (including phenoxy) is 2. The van der Waals surface area contributed by atoms with Crippen LogP contribution in [-0.2, 0) is 19.1 Å². The van der Waals surface area contributed by atoms with Gasteiger partial charge in [0, 0.05) is 0 Å². The first-order valence-electron chi connectivity index (χ1n) is 4.40. The molecule has 0 N–H and O–H groups in total. The fourth-order valence-electron chi connectivity index (χ4n) is 1.33. The summed E-state index contributed by atoms with van der Waals surface area (Å²) in [6, 6.07) is 0. The molecule has 0 aromatic carbocycles. The van der Waals surface area contributed by atoms with Gasteiger partial charge < -0.3 is 9.47 Å². The fraction of sp³-hybridized carbons (Fsp3) is 0.556. The van der Waals surface area contributed by atoms with E-state index in [-0.39, 0.29) is 6.61 Å².